The normalized spacial score (nSPS) is 15.4. The molecule has 1 aliphatic rings. The molecule has 0 radical (unpaired) electrons. The van der Waals surface area contributed by atoms with Crippen molar-refractivity contribution < 1.29 is 28.2 Å². The lowest BCUT2D eigenvalue weighted by Gasteiger charge is -2.24. The van der Waals surface area contributed by atoms with Gasteiger partial charge in [0.25, 0.3) is 5.91 Å². The quantitative estimate of drug-likeness (QED) is 0.843. The molecule has 1 atom stereocenters. The Morgan fingerprint density at radius 3 is 2.80 bits per heavy atom. The van der Waals surface area contributed by atoms with Crippen molar-refractivity contribution in [1.82, 2.24) is 0 Å². The van der Waals surface area contributed by atoms with Gasteiger partial charge in [-0.25, -0.2) is 9.18 Å². The summed E-state index contributed by atoms with van der Waals surface area (Å²) in [5.41, 5.74) is -0.0975. The number of esters is 1. The number of benzene rings is 2. The van der Waals surface area contributed by atoms with Crippen LogP contribution in [0.3, 0.4) is 0 Å². The maximum absolute atomic E-state index is 13.5. The second-order valence-electron chi connectivity index (χ2n) is 5.14. The number of anilines is 1. The van der Waals surface area contributed by atoms with Gasteiger partial charge in [-0.1, -0.05) is 23.7 Å². The molecule has 25 heavy (non-hydrogen) atoms. The van der Waals surface area contributed by atoms with Crippen LogP contribution in [0.2, 0.25) is 5.02 Å². The maximum atomic E-state index is 13.5. The van der Waals surface area contributed by atoms with E-state index >= 15 is 0 Å². The third kappa shape index (κ3) is 4.19. The van der Waals surface area contributed by atoms with Crippen LogP contribution >= 0.6 is 11.6 Å². The number of carbonyl (C=O) groups is 2. The van der Waals surface area contributed by atoms with Crippen LogP contribution in [0.1, 0.15) is 0 Å². The average Bonchev–Trinajstić information content (AvgIpc) is 2.62. The molecule has 1 aliphatic heterocycles. The number of ether oxygens (including phenoxy) is 3. The smallest absolute Gasteiger partial charge is 0.351 e. The number of hydrogen-bond acceptors (Lipinski definition) is 5. The van der Waals surface area contributed by atoms with Crippen LogP contribution in [0.15, 0.2) is 42.5 Å². The van der Waals surface area contributed by atoms with E-state index in [2.05, 4.69) is 5.32 Å². The van der Waals surface area contributed by atoms with Gasteiger partial charge in [0, 0.05) is 5.02 Å². The fourth-order valence-corrected chi connectivity index (χ4v) is 2.32. The molecule has 130 valence electrons. The predicted octanol–water partition coefficient (Wildman–Crippen LogP) is 2.80. The number of rotatable bonds is 4. The number of amides is 1. The summed E-state index contributed by atoms with van der Waals surface area (Å²) in [7, 11) is 0. The molecule has 0 aromatic heterocycles. The molecule has 8 heteroatoms. The topological polar surface area (TPSA) is 73.9 Å². The molecule has 6 nitrogen and oxygen atoms in total. The standard InChI is InChI=1S/C17H13ClFNO5/c18-10-5-6-11(19)12(7-10)20-16(21)9-24-17(22)15-8-23-13-3-1-2-4-14(13)25-15/h1-7,15H,8-9H2,(H,20,21)/t15-/m0/s1. The van der Waals surface area contributed by atoms with Gasteiger partial charge in [-0.2, -0.15) is 0 Å². The summed E-state index contributed by atoms with van der Waals surface area (Å²) in [4.78, 5) is 23.8. The monoisotopic (exact) mass is 365 g/mol. The summed E-state index contributed by atoms with van der Waals surface area (Å²) in [6, 6.07) is 10.6. The lowest BCUT2D eigenvalue weighted by atomic mass is 10.2. The predicted molar refractivity (Wildman–Crippen MR) is 87.4 cm³/mol. The van der Waals surface area contributed by atoms with Crippen molar-refractivity contribution in [3.63, 3.8) is 0 Å². The highest BCUT2D eigenvalue weighted by atomic mass is 35.5. The molecule has 2 aromatic carbocycles. The highest BCUT2D eigenvalue weighted by Gasteiger charge is 2.29. The zero-order valence-corrected chi connectivity index (χ0v) is 13.6. The van der Waals surface area contributed by atoms with E-state index in [9.17, 15) is 14.0 Å². The fraction of sp³-hybridized carbons (Fsp3) is 0.176. The van der Waals surface area contributed by atoms with E-state index < -0.39 is 30.4 Å². The van der Waals surface area contributed by atoms with Crippen LogP contribution in [0.25, 0.3) is 0 Å². The van der Waals surface area contributed by atoms with Crippen LogP contribution < -0.4 is 14.8 Å². The number of halogens is 2. The van der Waals surface area contributed by atoms with E-state index in [0.29, 0.717) is 11.5 Å². The Hall–Kier alpha value is -2.80. The van der Waals surface area contributed by atoms with Crippen molar-refractivity contribution in [2.75, 3.05) is 18.5 Å². The van der Waals surface area contributed by atoms with Crippen LogP contribution in [0.4, 0.5) is 10.1 Å². The molecule has 0 saturated carbocycles. The minimum Gasteiger partial charge on any atom is -0.485 e. The zero-order valence-electron chi connectivity index (χ0n) is 12.8. The Morgan fingerprint density at radius 1 is 1.24 bits per heavy atom. The fourth-order valence-electron chi connectivity index (χ4n) is 2.14. The van der Waals surface area contributed by atoms with Gasteiger partial charge in [-0.15, -0.1) is 0 Å². The van der Waals surface area contributed by atoms with Crippen molar-refractivity contribution in [1.29, 1.82) is 0 Å². The molecule has 2 aromatic rings. The minimum atomic E-state index is -0.981. The third-order valence-corrected chi connectivity index (χ3v) is 3.55. The second-order valence-corrected chi connectivity index (χ2v) is 5.58. The Balaban J connectivity index is 1.52. The van der Waals surface area contributed by atoms with Gasteiger partial charge in [0.05, 0.1) is 5.69 Å². The summed E-state index contributed by atoms with van der Waals surface area (Å²) in [5.74, 6) is -1.16. The van der Waals surface area contributed by atoms with E-state index in [1.54, 1.807) is 24.3 Å². The molecule has 0 aliphatic carbocycles. The first-order chi connectivity index (χ1) is 12.0. The number of carbonyl (C=O) groups excluding carboxylic acids is 2. The van der Waals surface area contributed by atoms with Crippen LogP contribution in [-0.4, -0.2) is 31.2 Å². The molecule has 1 amide bonds. The Kier molecular flexibility index (Phi) is 5.04. The molecule has 1 N–H and O–H groups in total. The van der Waals surface area contributed by atoms with E-state index in [4.69, 9.17) is 25.8 Å². The molecular formula is C17H13ClFNO5. The summed E-state index contributed by atoms with van der Waals surface area (Å²) >= 11 is 5.74. The zero-order chi connectivity index (χ0) is 17.8. The number of para-hydroxylation sites is 2. The SMILES string of the molecule is O=C(COC(=O)[C@@H]1COc2ccccc2O1)Nc1cc(Cl)ccc1F. The van der Waals surface area contributed by atoms with Crippen LogP contribution in [0, 0.1) is 5.82 Å². The van der Waals surface area contributed by atoms with E-state index in [0.717, 1.165) is 6.07 Å². The van der Waals surface area contributed by atoms with Gasteiger partial charge in [0.1, 0.15) is 12.4 Å². The van der Waals surface area contributed by atoms with Gasteiger partial charge in [0.15, 0.2) is 18.1 Å². The molecule has 1 heterocycles. The van der Waals surface area contributed by atoms with Crippen LogP contribution in [-0.2, 0) is 14.3 Å². The van der Waals surface area contributed by atoms with E-state index in [1.165, 1.54) is 12.1 Å². The maximum Gasteiger partial charge on any atom is 0.351 e. The summed E-state index contributed by atoms with van der Waals surface area (Å²) < 4.78 is 29.3. The van der Waals surface area contributed by atoms with Gasteiger partial charge >= 0.3 is 5.97 Å². The van der Waals surface area contributed by atoms with Crippen molar-refractivity contribution in [3.05, 3.63) is 53.3 Å². The highest BCUT2D eigenvalue weighted by molar-refractivity contribution is 6.30. The lowest BCUT2D eigenvalue weighted by Crippen LogP contribution is -2.39. The second kappa shape index (κ2) is 7.40. The van der Waals surface area contributed by atoms with Crippen LogP contribution in [0.5, 0.6) is 11.5 Å². The number of fused-ring (bicyclic) bond motifs is 1. The van der Waals surface area contributed by atoms with E-state index in [-0.39, 0.29) is 17.3 Å². The molecule has 0 spiro atoms. The first-order valence-corrected chi connectivity index (χ1v) is 7.71. The Labute approximate surface area is 147 Å². The average molecular weight is 366 g/mol. The molecule has 3 rings (SSSR count). The first kappa shape index (κ1) is 17.0. The minimum absolute atomic E-state index is 0.0274. The molecule has 0 unspecified atom stereocenters. The summed E-state index contributed by atoms with van der Waals surface area (Å²) in [5, 5.41) is 2.54. The van der Waals surface area contributed by atoms with Gasteiger partial charge < -0.3 is 19.5 Å². The Bertz CT molecular complexity index is 813. The van der Waals surface area contributed by atoms with Gasteiger partial charge in [-0.3, -0.25) is 4.79 Å². The van der Waals surface area contributed by atoms with Crippen molar-refractivity contribution in [2.45, 2.75) is 6.10 Å². The molecule has 0 saturated heterocycles. The lowest BCUT2D eigenvalue weighted by molar-refractivity contribution is -0.156. The largest absolute Gasteiger partial charge is 0.485 e. The van der Waals surface area contributed by atoms with Gasteiger partial charge in [-0.05, 0) is 30.3 Å². The Morgan fingerprint density at radius 2 is 2.00 bits per heavy atom. The van der Waals surface area contributed by atoms with E-state index in [1.807, 2.05) is 0 Å². The molecule has 0 bridgehead atoms. The first-order valence-electron chi connectivity index (χ1n) is 7.33. The summed E-state index contributed by atoms with van der Waals surface area (Å²) in [6.07, 6.45) is -0.981. The number of hydrogen-bond donors (Lipinski definition) is 1. The van der Waals surface area contributed by atoms with Crippen molar-refractivity contribution in [2.24, 2.45) is 0 Å². The van der Waals surface area contributed by atoms with Crippen molar-refractivity contribution >= 4 is 29.2 Å². The van der Waals surface area contributed by atoms with Crippen molar-refractivity contribution in [3.8, 4) is 11.5 Å². The third-order valence-electron chi connectivity index (χ3n) is 3.32. The number of nitrogens with one attached hydrogen (secondary N) is 1. The molecular weight excluding hydrogens is 353 g/mol. The molecule has 0 fully saturated rings. The highest BCUT2D eigenvalue weighted by Crippen LogP contribution is 2.31. The summed E-state index contributed by atoms with van der Waals surface area (Å²) in [6.45, 7) is -0.618. The van der Waals surface area contributed by atoms with Gasteiger partial charge in [0.2, 0.25) is 6.10 Å².